The standard InChI is InChI=1S/C15H32N2/c1-13(2)14(3)11-17-10-9-15(12-16)7-5-4-6-8-15/h13-14,17H,4-12,16H2,1-3H3. The molecule has 1 fully saturated rings. The van der Waals surface area contributed by atoms with Gasteiger partial charge in [-0.1, -0.05) is 40.0 Å². The Hall–Kier alpha value is -0.0800. The molecule has 0 spiro atoms. The highest BCUT2D eigenvalue weighted by Crippen LogP contribution is 2.37. The first-order chi connectivity index (χ1) is 8.09. The molecule has 0 aromatic heterocycles. The van der Waals surface area contributed by atoms with E-state index in [4.69, 9.17) is 5.73 Å². The Balaban J connectivity index is 2.19. The lowest BCUT2D eigenvalue weighted by atomic mass is 9.72. The van der Waals surface area contributed by atoms with Crippen molar-refractivity contribution in [3.05, 3.63) is 0 Å². The summed E-state index contributed by atoms with van der Waals surface area (Å²) in [4.78, 5) is 0. The van der Waals surface area contributed by atoms with E-state index in [2.05, 4.69) is 26.1 Å². The number of nitrogens with two attached hydrogens (primary N) is 1. The van der Waals surface area contributed by atoms with Crippen LogP contribution in [-0.4, -0.2) is 19.6 Å². The Labute approximate surface area is 108 Å². The summed E-state index contributed by atoms with van der Waals surface area (Å²) in [6, 6.07) is 0. The summed E-state index contributed by atoms with van der Waals surface area (Å²) in [6.45, 7) is 10.1. The number of nitrogens with one attached hydrogen (secondary N) is 1. The summed E-state index contributed by atoms with van der Waals surface area (Å²) in [5.74, 6) is 1.55. The van der Waals surface area contributed by atoms with Gasteiger partial charge in [-0.05, 0) is 56.1 Å². The van der Waals surface area contributed by atoms with Crippen molar-refractivity contribution in [2.45, 2.75) is 59.3 Å². The quantitative estimate of drug-likeness (QED) is 0.671. The molecule has 0 heterocycles. The van der Waals surface area contributed by atoms with Crippen LogP contribution in [0.5, 0.6) is 0 Å². The van der Waals surface area contributed by atoms with Crippen molar-refractivity contribution in [1.82, 2.24) is 5.32 Å². The average Bonchev–Trinajstić information content (AvgIpc) is 2.35. The predicted octanol–water partition coefficient (Wildman–Crippen LogP) is 3.17. The van der Waals surface area contributed by atoms with Gasteiger partial charge < -0.3 is 11.1 Å². The van der Waals surface area contributed by atoms with Gasteiger partial charge in [0.2, 0.25) is 0 Å². The molecule has 1 rings (SSSR count). The van der Waals surface area contributed by atoms with Crippen LogP contribution in [0, 0.1) is 17.3 Å². The third-order valence-electron chi connectivity index (χ3n) is 4.78. The van der Waals surface area contributed by atoms with E-state index in [1.54, 1.807) is 0 Å². The van der Waals surface area contributed by atoms with Gasteiger partial charge in [-0.3, -0.25) is 0 Å². The molecule has 1 unspecified atom stereocenters. The van der Waals surface area contributed by atoms with Gasteiger partial charge in [-0.25, -0.2) is 0 Å². The lowest BCUT2D eigenvalue weighted by Crippen LogP contribution is -2.36. The molecule has 2 heteroatoms. The predicted molar refractivity (Wildman–Crippen MR) is 76.1 cm³/mol. The molecular weight excluding hydrogens is 208 g/mol. The van der Waals surface area contributed by atoms with Crippen molar-refractivity contribution >= 4 is 0 Å². The summed E-state index contributed by atoms with van der Waals surface area (Å²) >= 11 is 0. The minimum Gasteiger partial charge on any atom is -0.330 e. The molecule has 0 saturated heterocycles. The summed E-state index contributed by atoms with van der Waals surface area (Å²) in [6.07, 6.45) is 8.17. The monoisotopic (exact) mass is 240 g/mol. The first kappa shape index (κ1) is 15.0. The van der Waals surface area contributed by atoms with Crippen molar-refractivity contribution in [2.75, 3.05) is 19.6 Å². The Kier molecular flexibility index (Phi) is 6.50. The fraction of sp³-hybridized carbons (Fsp3) is 1.00. The zero-order valence-corrected chi connectivity index (χ0v) is 12.1. The van der Waals surface area contributed by atoms with Crippen molar-refractivity contribution in [1.29, 1.82) is 0 Å². The van der Waals surface area contributed by atoms with Crippen LogP contribution in [0.15, 0.2) is 0 Å². The highest BCUT2D eigenvalue weighted by Gasteiger charge is 2.29. The molecule has 0 aromatic carbocycles. The second-order valence-corrected chi connectivity index (χ2v) is 6.44. The van der Waals surface area contributed by atoms with Crippen molar-refractivity contribution in [2.24, 2.45) is 23.0 Å². The Morgan fingerprint density at radius 1 is 1.12 bits per heavy atom. The summed E-state index contributed by atoms with van der Waals surface area (Å²) in [5.41, 5.74) is 6.47. The van der Waals surface area contributed by atoms with Gasteiger partial charge in [-0.15, -0.1) is 0 Å². The second-order valence-electron chi connectivity index (χ2n) is 6.44. The molecule has 1 aliphatic rings. The van der Waals surface area contributed by atoms with Crippen molar-refractivity contribution in [3.63, 3.8) is 0 Å². The van der Waals surface area contributed by atoms with E-state index in [0.29, 0.717) is 5.41 Å². The fourth-order valence-corrected chi connectivity index (χ4v) is 2.78. The third kappa shape index (κ3) is 4.97. The van der Waals surface area contributed by atoms with E-state index >= 15 is 0 Å². The molecule has 17 heavy (non-hydrogen) atoms. The molecule has 1 aliphatic carbocycles. The minimum atomic E-state index is 0.465. The maximum Gasteiger partial charge on any atom is -0.00201 e. The van der Waals surface area contributed by atoms with E-state index in [0.717, 1.165) is 31.5 Å². The zero-order chi connectivity index (χ0) is 12.7. The number of hydrogen-bond acceptors (Lipinski definition) is 2. The average molecular weight is 240 g/mol. The molecule has 1 saturated carbocycles. The number of rotatable bonds is 7. The highest BCUT2D eigenvalue weighted by molar-refractivity contribution is 4.84. The van der Waals surface area contributed by atoms with Gasteiger partial charge in [-0.2, -0.15) is 0 Å². The molecule has 0 amide bonds. The van der Waals surface area contributed by atoms with Crippen LogP contribution in [0.1, 0.15) is 59.3 Å². The fourth-order valence-electron chi connectivity index (χ4n) is 2.78. The van der Waals surface area contributed by atoms with Gasteiger partial charge in [0.1, 0.15) is 0 Å². The smallest absolute Gasteiger partial charge is 0.00201 e. The number of hydrogen-bond donors (Lipinski definition) is 2. The Morgan fingerprint density at radius 3 is 2.29 bits per heavy atom. The normalized spacial score (nSPS) is 21.7. The topological polar surface area (TPSA) is 38.0 Å². The maximum absolute atomic E-state index is 6.00. The third-order valence-corrected chi connectivity index (χ3v) is 4.78. The van der Waals surface area contributed by atoms with Crippen LogP contribution in [0.3, 0.4) is 0 Å². The Bertz CT molecular complexity index is 195. The van der Waals surface area contributed by atoms with Gasteiger partial charge in [0.15, 0.2) is 0 Å². The van der Waals surface area contributed by atoms with Gasteiger partial charge >= 0.3 is 0 Å². The van der Waals surface area contributed by atoms with Crippen LogP contribution < -0.4 is 11.1 Å². The van der Waals surface area contributed by atoms with Crippen LogP contribution in [0.2, 0.25) is 0 Å². The molecule has 2 nitrogen and oxygen atoms in total. The van der Waals surface area contributed by atoms with E-state index in [-0.39, 0.29) is 0 Å². The van der Waals surface area contributed by atoms with E-state index in [9.17, 15) is 0 Å². The van der Waals surface area contributed by atoms with Crippen LogP contribution in [0.25, 0.3) is 0 Å². The van der Waals surface area contributed by atoms with E-state index < -0.39 is 0 Å². The lowest BCUT2D eigenvalue weighted by molar-refractivity contribution is 0.179. The minimum absolute atomic E-state index is 0.465. The van der Waals surface area contributed by atoms with Gasteiger partial charge in [0, 0.05) is 0 Å². The van der Waals surface area contributed by atoms with Gasteiger partial charge in [0.25, 0.3) is 0 Å². The van der Waals surface area contributed by atoms with Gasteiger partial charge in [0.05, 0.1) is 0 Å². The summed E-state index contributed by atoms with van der Waals surface area (Å²) in [7, 11) is 0. The molecule has 0 aromatic rings. The van der Waals surface area contributed by atoms with E-state index in [1.165, 1.54) is 38.5 Å². The van der Waals surface area contributed by atoms with E-state index in [1.807, 2.05) is 0 Å². The molecular formula is C15H32N2. The molecule has 0 aliphatic heterocycles. The zero-order valence-electron chi connectivity index (χ0n) is 12.1. The van der Waals surface area contributed by atoms with Crippen LogP contribution in [-0.2, 0) is 0 Å². The first-order valence-corrected chi connectivity index (χ1v) is 7.50. The molecule has 0 bridgehead atoms. The van der Waals surface area contributed by atoms with Crippen LogP contribution in [0.4, 0.5) is 0 Å². The van der Waals surface area contributed by atoms with Crippen molar-refractivity contribution in [3.8, 4) is 0 Å². The molecule has 3 N–H and O–H groups in total. The summed E-state index contributed by atoms with van der Waals surface area (Å²) in [5, 5.41) is 3.62. The van der Waals surface area contributed by atoms with Crippen LogP contribution >= 0.6 is 0 Å². The summed E-state index contributed by atoms with van der Waals surface area (Å²) < 4.78 is 0. The second kappa shape index (κ2) is 7.38. The molecule has 102 valence electrons. The largest absolute Gasteiger partial charge is 0.330 e. The first-order valence-electron chi connectivity index (χ1n) is 7.50. The Morgan fingerprint density at radius 2 is 1.76 bits per heavy atom. The molecule has 0 radical (unpaired) electrons. The SMILES string of the molecule is CC(C)C(C)CNCCC1(CN)CCCCC1. The molecule has 1 atom stereocenters. The highest BCUT2D eigenvalue weighted by atomic mass is 14.9. The maximum atomic E-state index is 6.00. The van der Waals surface area contributed by atoms with Crippen molar-refractivity contribution < 1.29 is 0 Å². The lowest BCUT2D eigenvalue weighted by Gasteiger charge is -2.36.